The fourth-order valence-corrected chi connectivity index (χ4v) is 2.90. The smallest absolute Gasteiger partial charge is 0.335 e. The van der Waals surface area contributed by atoms with Crippen molar-refractivity contribution in [2.75, 3.05) is 7.11 Å². The molecule has 0 fully saturated rings. The monoisotopic (exact) mass is 309 g/mol. The summed E-state index contributed by atoms with van der Waals surface area (Å²) in [5.41, 5.74) is -0.0109. The van der Waals surface area contributed by atoms with Crippen LogP contribution in [0.1, 0.15) is 10.4 Å². The van der Waals surface area contributed by atoms with E-state index in [-0.39, 0.29) is 14.9 Å². The zero-order valence-corrected chi connectivity index (χ0v) is 10.5. The van der Waals surface area contributed by atoms with Crippen molar-refractivity contribution in [3.05, 3.63) is 28.2 Å². The van der Waals surface area contributed by atoms with E-state index in [2.05, 4.69) is 20.8 Å². The van der Waals surface area contributed by atoms with Crippen LogP contribution >= 0.6 is 15.9 Å². The van der Waals surface area contributed by atoms with E-state index < -0.39 is 16.0 Å². The normalized spacial score (nSPS) is 11.4. The first-order valence-corrected chi connectivity index (χ1v) is 6.23. The molecule has 0 radical (unpaired) electrons. The molecule has 0 unspecified atom stereocenters. The molecule has 6 nitrogen and oxygen atoms in total. The van der Waals surface area contributed by atoms with Crippen molar-refractivity contribution in [1.29, 1.82) is 0 Å². The highest BCUT2D eigenvalue weighted by molar-refractivity contribution is 9.10. The fraction of sp³-hybridized carbons (Fsp3) is 0.125. The molecule has 8 heteroatoms. The van der Waals surface area contributed by atoms with Gasteiger partial charge in [-0.1, -0.05) is 4.89 Å². The van der Waals surface area contributed by atoms with Gasteiger partial charge in [-0.2, -0.15) is 0 Å². The molecule has 0 saturated heterocycles. The van der Waals surface area contributed by atoms with Crippen molar-refractivity contribution in [3.8, 4) is 0 Å². The van der Waals surface area contributed by atoms with Crippen molar-refractivity contribution in [3.63, 3.8) is 0 Å². The Morgan fingerprint density at radius 2 is 2.12 bits per heavy atom. The van der Waals surface area contributed by atoms with Crippen LogP contribution in [0.15, 0.2) is 27.6 Å². The molecule has 1 rings (SSSR count). The van der Waals surface area contributed by atoms with Crippen LogP contribution < -0.4 is 4.89 Å². The van der Waals surface area contributed by atoms with E-state index >= 15 is 0 Å². The minimum Gasteiger partial charge on any atom is -0.478 e. The maximum absolute atomic E-state index is 11.5. The topological polar surface area (TPSA) is 92.7 Å². The molecule has 0 saturated carbocycles. The van der Waals surface area contributed by atoms with Crippen LogP contribution in [0.25, 0.3) is 0 Å². The largest absolute Gasteiger partial charge is 0.478 e. The van der Waals surface area contributed by atoms with E-state index in [0.717, 1.165) is 7.11 Å². The maximum atomic E-state index is 11.5. The third kappa shape index (κ3) is 2.79. The lowest BCUT2D eigenvalue weighted by Crippen LogP contribution is -2.22. The summed E-state index contributed by atoms with van der Waals surface area (Å²) in [4.78, 5) is 16.7. The van der Waals surface area contributed by atoms with Gasteiger partial charge in [-0.25, -0.2) is 13.2 Å². The molecule has 88 valence electrons. The van der Waals surface area contributed by atoms with Gasteiger partial charge in [0.1, 0.15) is 0 Å². The summed E-state index contributed by atoms with van der Waals surface area (Å²) in [6, 6.07) is 3.57. The highest BCUT2D eigenvalue weighted by Crippen LogP contribution is 2.23. The zero-order chi connectivity index (χ0) is 12.3. The molecule has 2 N–H and O–H groups in total. The quantitative estimate of drug-likeness (QED) is 0.809. The minimum atomic E-state index is -3.80. The van der Waals surface area contributed by atoms with Crippen LogP contribution in [0.4, 0.5) is 0 Å². The molecule has 16 heavy (non-hydrogen) atoms. The lowest BCUT2D eigenvalue weighted by atomic mass is 10.2. The van der Waals surface area contributed by atoms with Crippen molar-refractivity contribution >= 4 is 31.9 Å². The Labute approximate surface area is 100 Å². The van der Waals surface area contributed by atoms with Gasteiger partial charge in [-0.15, -0.1) is 0 Å². The summed E-state index contributed by atoms with van der Waals surface area (Å²) in [7, 11) is -2.63. The van der Waals surface area contributed by atoms with E-state index in [1.807, 2.05) is 4.89 Å². The Bertz CT molecular complexity index is 513. The number of hydrogen-bond acceptors (Lipinski definition) is 4. The molecule has 0 aliphatic rings. The maximum Gasteiger partial charge on any atom is 0.335 e. The lowest BCUT2D eigenvalue weighted by molar-refractivity contribution is 0.0696. The SMILES string of the molecule is CONS(=O)(=O)c1ccc(C(=O)O)cc1Br. The molecule has 0 heterocycles. The number of rotatable bonds is 4. The van der Waals surface area contributed by atoms with Gasteiger partial charge in [-0.05, 0) is 34.1 Å². The van der Waals surface area contributed by atoms with Gasteiger partial charge in [0.05, 0.1) is 17.6 Å². The van der Waals surface area contributed by atoms with Gasteiger partial charge in [0.15, 0.2) is 0 Å². The van der Waals surface area contributed by atoms with Crippen LogP contribution in [0, 0.1) is 0 Å². The Morgan fingerprint density at radius 1 is 1.50 bits per heavy atom. The molecule has 0 aromatic heterocycles. The molecule has 0 atom stereocenters. The zero-order valence-electron chi connectivity index (χ0n) is 8.10. The highest BCUT2D eigenvalue weighted by atomic mass is 79.9. The average molecular weight is 310 g/mol. The van der Waals surface area contributed by atoms with Crippen molar-refractivity contribution in [2.45, 2.75) is 4.90 Å². The molecule has 0 spiro atoms. The first-order valence-electron chi connectivity index (χ1n) is 3.96. The third-order valence-electron chi connectivity index (χ3n) is 1.66. The second-order valence-corrected chi connectivity index (χ2v) is 5.21. The minimum absolute atomic E-state index is 0.0109. The Morgan fingerprint density at radius 3 is 2.56 bits per heavy atom. The van der Waals surface area contributed by atoms with Gasteiger partial charge in [0.25, 0.3) is 10.0 Å². The number of nitrogens with one attached hydrogen (secondary N) is 1. The van der Waals surface area contributed by atoms with Crippen LogP contribution in [0.3, 0.4) is 0 Å². The van der Waals surface area contributed by atoms with Gasteiger partial charge in [0.2, 0.25) is 0 Å². The Kier molecular flexibility index (Phi) is 4.03. The number of benzene rings is 1. The number of hydrogen-bond donors (Lipinski definition) is 2. The molecule has 0 aliphatic carbocycles. The molecule has 1 aromatic carbocycles. The predicted octanol–water partition coefficient (Wildman–Crippen LogP) is 0.987. The molecule has 1 aromatic rings. The number of carbonyl (C=O) groups is 1. The van der Waals surface area contributed by atoms with E-state index in [1.54, 1.807) is 0 Å². The number of halogens is 1. The van der Waals surface area contributed by atoms with Crippen LogP contribution in [-0.2, 0) is 14.9 Å². The summed E-state index contributed by atoms with van der Waals surface area (Å²) in [6.45, 7) is 0. The summed E-state index contributed by atoms with van der Waals surface area (Å²) < 4.78 is 23.2. The summed E-state index contributed by atoms with van der Waals surface area (Å²) in [5, 5.41) is 8.70. The standard InChI is InChI=1S/C8H8BrNO5S/c1-15-10-16(13,14)7-3-2-5(8(11)12)4-6(7)9/h2-4,10H,1H3,(H,11,12). The second kappa shape index (κ2) is 4.91. The van der Waals surface area contributed by atoms with E-state index in [0.29, 0.717) is 0 Å². The Hall–Kier alpha value is -0.960. The van der Waals surface area contributed by atoms with E-state index in [1.165, 1.54) is 18.2 Å². The summed E-state index contributed by atoms with van der Waals surface area (Å²) in [6.07, 6.45) is 0. The number of carboxylic acid groups (broad SMARTS) is 1. The van der Waals surface area contributed by atoms with Crippen LogP contribution in [0.2, 0.25) is 0 Å². The average Bonchev–Trinajstić information content (AvgIpc) is 2.16. The molecule has 0 aliphatic heterocycles. The molecule has 0 bridgehead atoms. The third-order valence-corrected chi connectivity index (χ3v) is 3.90. The van der Waals surface area contributed by atoms with Crippen LogP contribution in [0.5, 0.6) is 0 Å². The number of aromatic carboxylic acids is 1. The predicted molar refractivity (Wildman–Crippen MR) is 58.4 cm³/mol. The van der Waals surface area contributed by atoms with Gasteiger partial charge in [0, 0.05) is 4.47 Å². The molecular formula is C8H8BrNO5S. The van der Waals surface area contributed by atoms with Gasteiger partial charge < -0.3 is 5.11 Å². The summed E-state index contributed by atoms with van der Waals surface area (Å²) >= 11 is 2.98. The lowest BCUT2D eigenvalue weighted by Gasteiger charge is -2.06. The van der Waals surface area contributed by atoms with Crippen molar-refractivity contribution in [2.24, 2.45) is 0 Å². The first-order chi connectivity index (χ1) is 7.38. The number of sulfonamides is 1. The van der Waals surface area contributed by atoms with Gasteiger partial charge in [-0.3, -0.25) is 4.84 Å². The van der Waals surface area contributed by atoms with Crippen molar-refractivity contribution < 1.29 is 23.2 Å². The van der Waals surface area contributed by atoms with E-state index in [9.17, 15) is 13.2 Å². The van der Waals surface area contributed by atoms with Crippen LogP contribution in [-0.4, -0.2) is 26.6 Å². The van der Waals surface area contributed by atoms with Gasteiger partial charge >= 0.3 is 5.97 Å². The second-order valence-electron chi connectivity index (χ2n) is 2.74. The van der Waals surface area contributed by atoms with E-state index in [4.69, 9.17) is 5.11 Å². The molecular weight excluding hydrogens is 302 g/mol. The first kappa shape index (κ1) is 13.1. The number of carboxylic acids is 1. The fourth-order valence-electron chi connectivity index (χ4n) is 1.01. The van der Waals surface area contributed by atoms with Crippen molar-refractivity contribution in [1.82, 2.24) is 4.89 Å². The summed E-state index contributed by atoms with van der Waals surface area (Å²) in [5.74, 6) is -1.13. The molecule has 0 amide bonds. The Balaban J connectivity index is 3.23. The highest BCUT2D eigenvalue weighted by Gasteiger charge is 2.18.